The van der Waals surface area contributed by atoms with Gasteiger partial charge in [0.25, 0.3) is 5.91 Å². The third kappa shape index (κ3) is 3.17. The van der Waals surface area contributed by atoms with Gasteiger partial charge in [0, 0.05) is 19.2 Å². The lowest BCUT2D eigenvalue weighted by Gasteiger charge is -2.06. The van der Waals surface area contributed by atoms with Crippen LogP contribution in [0, 0.1) is 0 Å². The lowest BCUT2D eigenvalue weighted by atomic mass is 10.1. The molecular formula is C13H14N4OS. The van der Waals surface area contributed by atoms with Crippen LogP contribution in [0.15, 0.2) is 36.8 Å². The maximum absolute atomic E-state index is 11.9. The van der Waals surface area contributed by atoms with Crippen LogP contribution < -0.4 is 11.1 Å². The molecular weight excluding hydrogens is 260 g/mol. The maximum Gasteiger partial charge on any atom is 0.269 e. The van der Waals surface area contributed by atoms with Gasteiger partial charge in [-0.05, 0) is 5.56 Å². The number of aryl methyl sites for hydroxylation is 1. The van der Waals surface area contributed by atoms with Crippen LogP contribution in [0.25, 0.3) is 0 Å². The van der Waals surface area contributed by atoms with Crippen LogP contribution in [-0.4, -0.2) is 20.4 Å². The number of aromatic nitrogens is 2. The fourth-order valence-electron chi connectivity index (χ4n) is 1.64. The fraction of sp³-hybridized carbons (Fsp3) is 0.154. The average molecular weight is 274 g/mol. The first kappa shape index (κ1) is 13.2. The summed E-state index contributed by atoms with van der Waals surface area (Å²) in [5.74, 6) is -0.154. The lowest BCUT2D eigenvalue weighted by molar-refractivity contribution is 0.0942. The van der Waals surface area contributed by atoms with E-state index in [1.165, 1.54) is 6.20 Å². The van der Waals surface area contributed by atoms with Gasteiger partial charge in [0.15, 0.2) is 0 Å². The monoisotopic (exact) mass is 274 g/mol. The first-order valence-electron chi connectivity index (χ1n) is 5.71. The minimum absolute atomic E-state index is 0.154. The lowest BCUT2D eigenvalue weighted by Crippen LogP contribution is -2.24. The zero-order chi connectivity index (χ0) is 13.8. The topological polar surface area (TPSA) is 72.9 Å². The van der Waals surface area contributed by atoms with Crippen LogP contribution in [0.5, 0.6) is 0 Å². The zero-order valence-corrected chi connectivity index (χ0v) is 11.3. The molecule has 0 radical (unpaired) electrons. The minimum atomic E-state index is -0.154. The van der Waals surface area contributed by atoms with Gasteiger partial charge in [0.1, 0.15) is 10.7 Å². The van der Waals surface area contributed by atoms with Crippen molar-refractivity contribution in [2.75, 3.05) is 0 Å². The molecule has 0 aliphatic heterocycles. The molecule has 1 aromatic carbocycles. The third-order valence-corrected chi connectivity index (χ3v) is 2.98. The van der Waals surface area contributed by atoms with Crippen LogP contribution in [0.1, 0.15) is 21.6 Å². The highest BCUT2D eigenvalue weighted by molar-refractivity contribution is 7.80. The van der Waals surface area contributed by atoms with Crippen molar-refractivity contribution in [1.82, 2.24) is 14.9 Å². The Labute approximate surface area is 116 Å². The Morgan fingerprint density at radius 1 is 1.42 bits per heavy atom. The Hall–Kier alpha value is -2.21. The summed E-state index contributed by atoms with van der Waals surface area (Å²) in [7, 11) is 1.78. The number of carbonyl (C=O) groups excluding carboxylic acids is 1. The Kier molecular flexibility index (Phi) is 3.91. The normalized spacial score (nSPS) is 10.2. The second-order valence-corrected chi connectivity index (χ2v) is 4.57. The molecule has 0 fully saturated rings. The Bertz CT molecular complexity index is 603. The quantitative estimate of drug-likeness (QED) is 0.815. The first-order chi connectivity index (χ1) is 9.08. The van der Waals surface area contributed by atoms with Gasteiger partial charge in [-0.1, -0.05) is 36.5 Å². The van der Waals surface area contributed by atoms with E-state index in [9.17, 15) is 4.79 Å². The van der Waals surface area contributed by atoms with Gasteiger partial charge in [-0.3, -0.25) is 4.79 Å². The van der Waals surface area contributed by atoms with E-state index in [1.807, 2.05) is 24.3 Å². The van der Waals surface area contributed by atoms with Gasteiger partial charge in [-0.25, -0.2) is 4.98 Å². The van der Waals surface area contributed by atoms with E-state index in [0.29, 0.717) is 17.2 Å². The van der Waals surface area contributed by atoms with E-state index in [2.05, 4.69) is 10.3 Å². The molecule has 0 bridgehead atoms. The van der Waals surface area contributed by atoms with Crippen molar-refractivity contribution >= 4 is 23.1 Å². The summed E-state index contributed by atoms with van der Waals surface area (Å²) in [6.07, 6.45) is 3.12. The number of nitrogens with zero attached hydrogens (tertiary/aromatic N) is 2. The van der Waals surface area contributed by atoms with E-state index < -0.39 is 0 Å². The van der Waals surface area contributed by atoms with Gasteiger partial charge in [0.05, 0.1) is 12.5 Å². The van der Waals surface area contributed by atoms with Gasteiger partial charge < -0.3 is 15.6 Å². The summed E-state index contributed by atoms with van der Waals surface area (Å²) in [6, 6.07) is 7.46. The summed E-state index contributed by atoms with van der Waals surface area (Å²) in [5.41, 5.74) is 7.84. The van der Waals surface area contributed by atoms with E-state index in [-0.39, 0.29) is 5.91 Å². The molecule has 0 atom stereocenters. The molecule has 0 unspecified atom stereocenters. The summed E-state index contributed by atoms with van der Waals surface area (Å²) < 4.78 is 1.67. The Morgan fingerprint density at radius 2 is 2.11 bits per heavy atom. The minimum Gasteiger partial charge on any atom is -0.389 e. The maximum atomic E-state index is 11.9. The van der Waals surface area contributed by atoms with E-state index in [1.54, 1.807) is 17.9 Å². The molecule has 1 amide bonds. The van der Waals surface area contributed by atoms with E-state index in [0.717, 1.165) is 11.1 Å². The predicted molar refractivity (Wildman–Crippen MR) is 76.7 cm³/mol. The van der Waals surface area contributed by atoms with Gasteiger partial charge in [0.2, 0.25) is 0 Å². The van der Waals surface area contributed by atoms with Crippen LogP contribution in [0.2, 0.25) is 0 Å². The number of amides is 1. The number of hydrogen-bond donors (Lipinski definition) is 2. The Morgan fingerprint density at radius 3 is 2.63 bits per heavy atom. The summed E-state index contributed by atoms with van der Waals surface area (Å²) in [6.45, 7) is 0.446. The number of nitrogens with one attached hydrogen (secondary N) is 1. The Balaban J connectivity index is 1.97. The van der Waals surface area contributed by atoms with Crippen molar-refractivity contribution in [3.63, 3.8) is 0 Å². The van der Waals surface area contributed by atoms with Crippen LogP contribution in [0.3, 0.4) is 0 Å². The molecule has 5 nitrogen and oxygen atoms in total. The van der Waals surface area contributed by atoms with Crippen LogP contribution in [-0.2, 0) is 13.6 Å². The molecule has 0 saturated carbocycles. The van der Waals surface area contributed by atoms with Crippen molar-refractivity contribution in [1.29, 1.82) is 0 Å². The summed E-state index contributed by atoms with van der Waals surface area (Å²) in [5, 5.41) is 2.83. The molecule has 0 aliphatic rings. The third-order valence-electron chi connectivity index (χ3n) is 2.74. The molecule has 6 heteroatoms. The second-order valence-electron chi connectivity index (χ2n) is 4.13. The molecule has 98 valence electrons. The van der Waals surface area contributed by atoms with Crippen molar-refractivity contribution in [3.8, 4) is 0 Å². The standard InChI is InChI=1S/C13H14N4OS/c1-17-8-15-7-11(17)13(18)16-6-9-2-4-10(5-3-9)12(14)19/h2-5,7-8H,6H2,1H3,(H2,14,19)(H,16,18). The molecule has 0 saturated heterocycles. The molecule has 1 aromatic heterocycles. The average Bonchev–Trinajstić information content (AvgIpc) is 2.83. The van der Waals surface area contributed by atoms with Crippen molar-refractivity contribution in [2.24, 2.45) is 12.8 Å². The largest absolute Gasteiger partial charge is 0.389 e. The SMILES string of the molecule is Cn1cncc1C(=O)NCc1ccc(C(N)=S)cc1. The van der Waals surface area contributed by atoms with Crippen LogP contribution in [0.4, 0.5) is 0 Å². The number of hydrogen-bond acceptors (Lipinski definition) is 3. The van der Waals surface area contributed by atoms with Crippen molar-refractivity contribution < 1.29 is 4.79 Å². The highest BCUT2D eigenvalue weighted by Gasteiger charge is 2.08. The van der Waals surface area contributed by atoms with Crippen molar-refractivity contribution in [3.05, 3.63) is 53.6 Å². The van der Waals surface area contributed by atoms with Crippen LogP contribution >= 0.6 is 12.2 Å². The first-order valence-corrected chi connectivity index (χ1v) is 6.12. The predicted octanol–water partition coefficient (Wildman–Crippen LogP) is 0.984. The molecule has 2 rings (SSSR count). The van der Waals surface area contributed by atoms with Gasteiger partial charge >= 0.3 is 0 Å². The fourth-order valence-corrected chi connectivity index (χ4v) is 1.77. The molecule has 0 spiro atoms. The molecule has 19 heavy (non-hydrogen) atoms. The smallest absolute Gasteiger partial charge is 0.269 e. The summed E-state index contributed by atoms with van der Waals surface area (Å²) >= 11 is 4.88. The van der Waals surface area contributed by atoms with E-state index in [4.69, 9.17) is 18.0 Å². The highest BCUT2D eigenvalue weighted by atomic mass is 32.1. The number of thiocarbonyl (C=S) groups is 1. The van der Waals surface area contributed by atoms with Crippen molar-refractivity contribution in [2.45, 2.75) is 6.54 Å². The van der Waals surface area contributed by atoms with Gasteiger partial charge in [-0.2, -0.15) is 0 Å². The number of carbonyl (C=O) groups is 1. The number of rotatable bonds is 4. The molecule has 3 N–H and O–H groups in total. The number of benzene rings is 1. The second kappa shape index (κ2) is 5.62. The van der Waals surface area contributed by atoms with Gasteiger partial charge in [-0.15, -0.1) is 0 Å². The highest BCUT2D eigenvalue weighted by Crippen LogP contribution is 2.05. The molecule has 0 aliphatic carbocycles. The molecule has 2 aromatic rings. The summed E-state index contributed by atoms with van der Waals surface area (Å²) in [4.78, 5) is 16.1. The van der Waals surface area contributed by atoms with E-state index >= 15 is 0 Å². The zero-order valence-electron chi connectivity index (χ0n) is 10.5. The number of imidazole rings is 1. The molecule has 1 heterocycles. The number of nitrogens with two attached hydrogens (primary N) is 1.